The van der Waals surface area contributed by atoms with Crippen LogP contribution in [0.2, 0.25) is 0 Å². The second kappa shape index (κ2) is 4.91. The van der Waals surface area contributed by atoms with Gasteiger partial charge in [-0.25, -0.2) is 0 Å². The van der Waals surface area contributed by atoms with E-state index in [2.05, 4.69) is 0 Å². The van der Waals surface area contributed by atoms with Crippen molar-refractivity contribution in [3.8, 4) is 5.75 Å². The van der Waals surface area contributed by atoms with Gasteiger partial charge in [-0.1, -0.05) is 6.07 Å². The molecular weight excluding hydrogens is 216 g/mol. The monoisotopic (exact) mass is 232 g/mol. The second-order valence-corrected chi connectivity index (χ2v) is 3.85. The van der Waals surface area contributed by atoms with Crippen molar-refractivity contribution < 1.29 is 9.53 Å². The Labute approximate surface area is 100.0 Å². The van der Waals surface area contributed by atoms with Gasteiger partial charge in [0.15, 0.2) is 0 Å². The number of carbonyl (C=O) groups excluding carboxylic acids is 1. The van der Waals surface area contributed by atoms with Crippen molar-refractivity contribution in [2.24, 2.45) is 5.73 Å². The van der Waals surface area contributed by atoms with E-state index in [-0.39, 0.29) is 5.91 Å². The van der Waals surface area contributed by atoms with Crippen molar-refractivity contribution >= 4 is 16.8 Å². The van der Waals surface area contributed by atoms with Gasteiger partial charge in [0.2, 0.25) is 5.91 Å². The standard InChI is InChI=1S/C13H16N2O2/c1-2-17-12-5-3-4-11-10(12)6-8-15(11)9-7-13(14)16/h3-6,8H,2,7,9H2,1H3,(H2,14,16). The molecule has 2 N–H and O–H groups in total. The van der Waals surface area contributed by atoms with Crippen LogP contribution in [0.1, 0.15) is 13.3 Å². The van der Waals surface area contributed by atoms with E-state index in [1.165, 1.54) is 0 Å². The van der Waals surface area contributed by atoms with Crippen molar-refractivity contribution in [2.45, 2.75) is 19.9 Å². The SMILES string of the molecule is CCOc1cccc2c1ccn2CCC(N)=O. The molecule has 0 saturated carbocycles. The molecule has 0 aliphatic heterocycles. The fourth-order valence-electron chi connectivity index (χ4n) is 1.90. The van der Waals surface area contributed by atoms with Crippen LogP contribution in [0, 0.1) is 0 Å². The normalized spacial score (nSPS) is 10.6. The largest absolute Gasteiger partial charge is 0.493 e. The van der Waals surface area contributed by atoms with E-state index >= 15 is 0 Å². The zero-order chi connectivity index (χ0) is 12.3. The Kier molecular flexibility index (Phi) is 3.32. The van der Waals surface area contributed by atoms with E-state index in [9.17, 15) is 4.79 Å². The van der Waals surface area contributed by atoms with Gasteiger partial charge >= 0.3 is 0 Å². The number of hydrogen-bond acceptors (Lipinski definition) is 2. The van der Waals surface area contributed by atoms with Crippen molar-refractivity contribution in [1.29, 1.82) is 0 Å². The maximum Gasteiger partial charge on any atom is 0.219 e. The van der Waals surface area contributed by atoms with E-state index in [4.69, 9.17) is 10.5 Å². The lowest BCUT2D eigenvalue weighted by Crippen LogP contribution is -2.13. The van der Waals surface area contributed by atoms with Crippen molar-refractivity contribution in [1.82, 2.24) is 4.57 Å². The van der Waals surface area contributed by atoms with Crippen molar-refractivity contribution in [3.63, 3.8) is 0 Å². The molecule has 0 aliphatic carbocycles. The van der Waals surface area contributed by atoms with Gasteiger partial charge in [-0.05, 0) is 25.1 Å². The summed E-state index contributed by atoms with van der Waals surface area (Å²) in [7, 11) is 0. The van der Waals surface area contributed by atoms with Crippen LogP contribution in [0.25, 0.3) is 10.9 Å². The molecular formula is C13H16N2O2. The summed E-state index contributed by atoms with van der Waals surface area (Å²) in [5.74, 6) is 0.593. The Balaban J connectivity index is 2.33. The number of fused-ring (bicyclic) bond motifs is 1. The van der Waals surface area contributed by atoms with Crippen LogP contribution in [0.5, 0.6) is 5.75 Å². The minimum absolute atomic E-state index is 0.284. The van der Waals surface area contributed by atoms with E-state index in [1.807, 2.05) is 42.0 Å². The molecule has 1 aromatic carbocycles. The van der Waals surface area contributed by atoms with Gasteiger partial charge in [0, 0.05) is 24.5 Å². The Hall–Kier alpha value is -1.97. The summed E-state index contributed by atoms with van der Waals surface area (Å²) < 4.78 is 7.57. The molecule has 0 aliphatic rings. The first-order valence-electron chi connectivity index (χ1n) is 5.71. The molecule has 17 heavy (non-hydrogen) atoms. The molecule has 1 amide bonds. The van der Waals surface area contributed by atoms with Crippen LogP contribution in [-0.2, 0) is 11.3 Å². The molecule has 2 aromatic rings. The van der Waals surface area contributed by atoms with Crippen LogP contribution in [0.3, 0.4) is 0 Å². The Morgan fingerprint density at radius 3 is 2.94 bits per heavy atom. The topological polar surface area (TPSA) is 57.2 Å². The quantitative estimate of drug-likeness (QED) is 0.856. The molecule has 0 spiro atoms. The summed E-state index contributed by atoms with van der Waals surface area (Å²) in [5, 5.41) is 1.07. The van der Waals surface area contributed by atoms with Crippen LogP contribution < -0.4 is 10.5 Å². The zero-order valence-electron chi connectivity index (χ0n) is 9.85. The summed E-state index contributed by atoms with van der Waals surface area (Å²) in [6, 6.07) is 7.92. The highest BCUT2D eigenvalue weighted by Gasteiger charge is 2.06. The highest BCUT2D eigenvalue weighted by molar-refractivity contribution is 5.86. The number of benzene rings is 1. The molecule has 0 radical (unpaired) electrons. The third-order valence-electron chi connectivity index (χ3n) is 2.67. The molecule has 0 atom stereocenters. The number of ether oxygens (including phenoxy) is 1. The van der Waals surface area contributed by atoms with E-state index in [0.717, 1.165) is 16.7 Å². The summed E-state index contributed by atoms with van der Waals surface area (Å²) >= 11 is 0. The number of nitrogens with two attached hydrogens (primary N) is 1. The third-order valence-corrected chi connectivity index (χ3v) is 2.67. The van der Waals surface area contributed by atoms with E-state index < -0.39 is 0 Å². The number of amides is 1. The smallest absolute Gasteiger partial charge is 0.219 e. The van der Waals surface area contributed by atoms with E-state index in [0.29, 0.717) is 19.6 Å². The highest BCUT2D eigenvalue weighted by Crippen LogP contribution is 2.26. The average Bonchev–Trinajstić information content (AvgIpc) is 2.71. The lowest BCUT2D eigenvalue weighted by molar-refractivity contribution is -0.118. The minimum Gasteiger partial charge on any atom is -0.493 e. The highest BCUT2D eigenvalue weighted by atomic mass is 16.5. The third kappa shape index (κ3) is 2.41. The fourth-order valence-corrected chi connectivity index (χ4v) is 1.90. The maximum atomic E-state index is 10.8. The van der Waals surface area contributed by atoms with Gasteiger partial charge in [-0.15, -0.1) is 0 Å². The van der Waals surface area contributed by atoms with Gasteiger partial charge in [-0.3, -0.25) is 4.79 Å². The summed E-state index contributed by atoms with van der Waals surface area (Å²) in [4.78, 5) is 10.8. The average molecular weight is 232 g/mol. The van der Waals surface area contributed by atoms with Gasteiger partial charge in [-0.2, -0.15) is 0 Å². The Bertz CT molecular complexity index is 531. The van der Waals surface area contributed by atoms with Gasteiger partial charge in [0.1, 0.15) is 5.75 Å². The predicted molar refractivity (Wildman–Crippen MR) is 66.9 cm³/mol. The summed E-state index contributed by atoms with van der Waals surface area (Å²) in [5.41, 5.74) is 6.22. The molecule has 4 nitrogen and oxygen atoms in total. The minimum atomic E-state index is -0.284. The first-order valence-corrected chi connectivity index (χ1v) is 5.71. The van der Waals surface area contributed by atoms with Gasteiger partial charge in [0.25, 0.3) is 0 Å². The number of rotatable bonds is 5. The molecule has 1 aromatic heterocycles. The molecule has 1 heterocycles. The fraction of sp³-hybridized carbons (Fsp3) is 0.308. The van der Waals surface area contributed by atoms with Gasteiger partial charge < -0.3 is 15.0 Å². The van der Waals surface area contributed by atoms with Crippen LogP contribution >= 0.6 is 0 Å². The number of primary amides is 1. The molecule has 90 valence electrons. The second-order valence-electron chi connectivity index (χ2n) is 3.85. The number of aromatic nitrogens is 1. The molecule has 0 unspecified atom stereocenters. The number of carbonyl (C=O) groups is 1. The number of hydrogen-bond donors (Lipinski definition) is 1. The first-order chi connectivity index (χ1) is 8.22. The summed E-state index contributed by atoms with van der Waals surface area (Å²) in [6.07, 6.45) is 2.30. The molecule has 2 rings (SSSR count). The first kappa shape index (κ1) is 11.5. The molecule has 0 fully saturated rings. The summed E-state index contributed by atoms with van der Waals surface area (Å²) in [6.45, 7) is 3.21. The van der Waals surface area contributed by atoms with Crippen LogP contribution in [0.15, 0.2) is 30.5 Å². The predicted octanol–water partition coefficient (Wildman–Crippen LogP) is 1.92. The zero-order valence-corrected chi connectivity index (χ0v) is 9.85. The van der Waals surface area contributed by atoms with Crippen molar-refractivity contribution in [3.05, 3.63) is 30.5 Å². The van der Waals surface area contributed by atoms with Crippen LogP contribution in [0.4, 0.5) is 0 Å². The number of nitrogens with zero attached hydrogens (tertiary/aromatic N) is 1. The Morgan fingerprint density at radius 1 is 1.41 bits per heavy atom. The maximum absolute atomic E-state index is 10.8. The number of aryl methyl sites for hydroxylation is 1. The molecule has 0 saturated heterocycles. The molecule has 4 heteroatoms. The van der Waals surface area contributed by atoms with Crippen molar-refractivity contribution in [2.75, 3.05) is 6.61 Å². The van der Waals surface area contributed by atoms with Gasteiger partial charge in [0.05, 0.1) is 12.1 Å². The van der Waals surface area contributed by atoms with E-state index in [1.54, 1.807) is 0 Å². The lowest BCUT2D eigenvalue weighted by Gasteiger charge is -2.06. The molecule has 0 bridgehead atoms. The lowest BCUT2D eigenvalue weighted by atomic mass is 10.2. The van der Waals surface area contributed by atoms with Crippen LogP contribution in [-0.4, -0.2) is 17.1 Å². The Morgan fingerprint density at radius 2 is 2.24 bits per heavy atom.